The summed E-state index contributed by atoms with van der Waals surface area (Å²) in [4.78, 5) is -0.237. The van der Waals surface area contributed by atoms with Gasteiger partial charge in [-0.3, -0.25) is 0 Å². The van der Waals surface area contributed by atoms with Gasteiger partial charge in [0.15, 0.2) is 0 Å². The van der Waals surface area contributed by atoms with E-state index in [-0.39, 0.29) is 4.84 Å². The molecule has 0 N–H and O–H groups in total. The second-order valence-corrected chi connectivity index (χ2v) is 2.88. The van der Waals surface area contributed by atoms with Gasteiger partial charge in [0.05, 0.1) is 0 Å². The molecule has 0 aromatic carbocycles. The minimum absolute atomic E-state index is 0.237. The van der Waals surface area contributed by atoms with Crippen molar-refractivity contribution in [1.29, 1.82) is 0 Å². The Morgan fingerprint density at radius 2 is 1.86 bits per heavy atom. The molecule has 0 atom stereocenters. The Labute approximate surface area is 58.7 Å². The van der Waals surface area contributed by atoms with E-state index in [1.807, 2.05) is 0 Å². The maximum atomic E-state index is 5.36. The summed E-state index contributed by atoms with van der Waals surface area (Å²) in [7, 11) is 0. The Balaban J connectivity index is 2.68. The Morgan fingerprint density at radius 3 is 2.00 bits per heavy atom. The van der Waals surface area contributed by atoms with E-state index < -0.39 is 0 Å². The smallest absolute Gasteiger partial charge is 0.107 e. The third kappa shape index (κ3) is 6.87. The molecule has 0 radical (unpaired) electrons. The van der Waals surface area contributed by atoms with Gasteiger partial charge in [-0.1, -0.05) is 0 Å². The predicted molar refractivity (Wildman–Crippen MR) is 35.4 cm³/mol. The zero-order valence-electron chi connectivity index (χ0n) is 3.83. The lowest BCUT2D eigenvalue weighted by Gasteiger charge is -1.93. The first-order valence-electron chi connectivity index (χ1n) is 2.11. The van der Waals surface area contributed by atoms with E-state index in [4.69, 9.17) is 34.8 Å². The molecule has 0 amide bonds. The van der Waals surface area contributed by atoms with Gasteiger partial charge >= 0.3 is 0 Å². The van der Waals surface area contributed by atoms with E-state index in [2.05, 4.69) is 0 Å². The normalized spacial score (nSPS) is 10.3. The average molecular weight is 161 g/mol. The highest BCUT2D eigenvalue weighted by molar-refractivity contribution is 6.44. The summed E-state index contributed by atoms with van der Waals surface area (Å²) < 4.78 is 0. The van der Waals surface area contributed by atoms with Crippen LogP contribution < -0.4 is 0 Å². The van der Waals surface area contributed by atoms with E-state index in [1.54, 1.807) is 0 Å². The van der Waals surface area contributed by atoms with Gasteiger partial charge in [-0.15, -0.1) is 34.8 Å². The van der Waals surface area contributed by atoms with Gasteiger partial charge in [0.25, 0.3) is 0 Å². The summed E-state index contributed by atoms with van der Waals surface area (Å²) in [6.45, 7) is 0. The van der Waals surface area contributed by atoms with E-state index >= 15 is 0 Å². The fraction of sp³-hybridized carbons (Fsp3) is 1.00. The molecule has 3 heteroatoms. The van der Waals surface area contributed by atoms with Crippen molar-refractivity contribution in [2.45, 2.75) is 17.7 Å². The lowest BCUT2D eigenvalue weighted by molar-refractivity contribution is 0.865. The number of alkyl halides is 3. The second-order valence-electron chi connectivity index (χ2n) is 1.22. The molecule has 0 bridgehead atoms. The zero-order valence-corrected chi connectivity index (χ0v) is 6.10. The first-order valence-corrected chi connectivity index (χ1v) is 3.52. The summed E-state index contributed by atoms with van der Waals surface area (Å²) in [6, 6.07) is 0. The summed E-state index contributed by atoms with van der Waals surface area (Å²) in [5, 5.41) is 0. The topological polar surface area (TPSA) is 0 Å². The minimum atomic E-state index is -0.237. The van der Waals surface area contributed by atoms with Gasteiger partial charge in [0.2, 0.25) is 0 Å². The standard InChI is InChI=1S/C4H7Cl3/c5-3-1-2-4(6)7/h4H,1-3H2. The molecule has 0 aromatic rings. The van der Waals surface area contributed by atoms with Gasteiger partial charge in [-0.25, -0.2) is 0 Å². The van der Waals surface area contributed by atoms with Crippen LogP contribution in [0.5, 0.6) is 0 Å². The van der Waals surface area contributed by atoms with E-state index in [9.17, 15) is 0 Å². The maximum absolute atomic E-state index is 5.36. The first-order chi connectivity index (χ1) is 3.27. The molecular formula is C4H7Cl3. The van der Waals surface area contributed by atoms with E-state index in [1.165, 1.54) is 0 Å². The molecule has 0 aliphatic heterocycles. The minimum Gasteiger partial charge on any atom is -0.127 e. The molecule has 0 heterocycles. The number of halogens is 3. The molecule has 0 fully saturated rings. The Morgan fingerprint density at radius 1 is 1.29 bits per heavy atom. The first kappa shape index (κ1) is 7.87. The molecule has 44 valence electrons. The third-order valence-electron chi connectivity index (χ3n) is 0.556. The molecule has 0 spiro atoms. The SMILES string of the molecule is ClCCCC(Cl)Cl. The number of rotatable bonds is 3. The van der Waals surface area contributed by atoms with Crippen molar-refractivity contribution >= 4 is 34.8 Å². The van der Waals surface area contributed by atoms with Crippen molar-refractivity contribution in [1.82, 2.24) is 0 Å². The Bertz CT molecular complexity index is 35.9. The monoisotopic (exact) mass is 160 g/mol. The van der Waals surface area contributed by atoms with Crippen LogP contribution in [-0.4, -0.2) is 10.7 Å². The highest BCUT2D eigenvalue weighted by Crippen LogP contribution is 2.09. The van der Waals surface area contributed by atoms with Crippen LogP contribution in [0.25, 0.3) is 0 Å². The van der Waals surface area contributed by atoms with Crippen LogP contribution >= 0.6 is 34.8 Å². The molecule has 0 saturated heterocycles. The molecule has 7 heavy (non-hydrogen) atoms. The third-order valence-corrected chi connectivity index (χ3v) is 1.26. The number of hydrogen-bond donors (Lipinski definition) is 0. The molecule has 0 rings (SSSR count). The molecule has 0 aromatic heterocycles. The highest BCUT2D eigenvalue weighted by Gasteiger charge is 1.94. The van der Waals surface area contributed by atoms with Crippen molar-refractivity contribution < 1.29 is 0 Å². The summed E-state index contributed by atoms with van der Waals surface area (Å²) >= 11 is 16.1. The lowest BCUT2D eigenvalue weighted by atomic mass is 10.4. The Hall–Kier alpha value is 0.870. The van der Waals surface area contributed by atoms with Crippen molar-refractivity contribution in [3.8, 4) is 0 Å². The molecule has 0 saturated carbocycles. The van der Waals surface area contributed by atoms with Gasteiger partial charge in [0.1, 0.15) is 4.84 Å². The van der Waals surface area contributed by atoms with Crippen molar-refractivity contribution in [2.24, 2.45) is 0 Å². The lowest BCUT2D eigenvalue weighted by Crippen LogP contribution is -1.85. The van der Waals surface area contributed by atoms with Crippen molar-refractivity contribution in [3.05, 3.63) is 0 Å². The summed E-state index contributed by atoms with van der Waals surface area (Å²) in [5.41, 5.74) is 0. The maximum Gasteiger partial charge on any atom is 0.107 e. The highest BCUT2D eigenvalue weighted by atomic mass is 35.5. The summed E-state index contributed by atoms with van der Waals surface area (Å²) in [6.07, 6.45) is 1.70. The molecule has 0 unspecified atom stereocenters. The van der Waals surface area contributed by atoms with Crippen LogP contribution in [0.1, 0.15) is 12.8 Å². The van der Waals surface area contributed by atoms with Gasteiger partial charge in [-0.2, -0.15) is 0 Å². The fourth-order valence-corrected chi connectivity index (χ4v) is 0.694. The van der Waals surface area contributed by atoms with E-state index in [0.29, 0.717) is 5.88 Å². The molecule has 0 aliphatic carbocycles. The Kier molecular flexibility index (Phi) is 5.64. The van der Waals surface area contributed by atoms with Gasteiger partial charge in [-0.05, 0) is 12.8 Å². The van der Waals surface area contributed by atoms with Crippen LogP contribution in [0.3, 0.4) is 0 Å². The van der Waals surface area contributed by atoms with Gasteiger partial charge < -0.3 is 0 Å². The second kappa shape index (κ2) is 5.02. The average Bonchev–Trinajstić information content (AvgIpc) is 1.61. The van der Waals surface area contributed by atoms with Crippen LogP contribution in [-0.2, 0) is 0 Å². The van der Waals surface area contributed by atoms with E-state index in [0.717, 1.165) is 12.8 Å². The van der Waals surface area contributed by atoms with Gasteiger partial charge in [0, 0.05) is 5.88 Å². The summed E-state index contributed by atoms with van der Waals surface area (Å²) in [5.74, 6) is 0.649. The molecule has 0 nitrogen and oxygen atoms in total. The van der Waals surface area contributed by atoms with Crippen LogP contribution in [0.15, 0.2) is 0 Å². The largest absolute Gasteiger partial charge is 0.127 e. The van der Waals surface area contributed by atoms with Crippen molar-refractivity contribution in [2.75, 3.05) is 5.88 Å². The van der Waals surface area contributed by atoms with Crippen molar-refractivity contribution in [3.63, 3.8) is 0 Å². The fourth-order valence-electron chi connectivity index (χ4n) is 0.231. The number of hydrogen-bond acceptors (Lipinski definition) is 0. The van der Waals surface area contributed by atoms with Crippen LogP contribution in [0.2, 0.25) is 0 Å². The van der Waals surface area contributed by atoms with Crippen LogP contribution in [0.4, 0.5) is 0 Å². The zero-order chi connectivity index (χ0) is 5.70. The molecular weight excluding hydrogens is 154 g/mol. The quantitative estimate of drug-likeness (QED) is 0.559. The predicted octanol–water partition coefficient (Wildman–Crippen LogP) is 2.81. The van der Waals surface area contributed by atoms with Crippen LogP contribution in [0, 0.1) is 0 Å². The molecule has 0 aliphatic rings.